The Balaban J connectivity index is 2.29. The van der Waals surface area contributed by atoms with Crippen LogP contribution in [0.4, 0.5) is 0 Å². The van der Waals surface area contributed by atoms with Crippen molar-refractivity contribution in [2.24, 2.45) is 0 Å². The summed E-state index contributed by atoms with van der Waals surface area (Å²) in [6, 6.07) is 10.7. The van der Waals surface area contributed by atoms with Gasteiger partial charge in [0.05, 0.1) is 0 Å². The second-order valence-corrected chi connectivity index (χ2v) is 21.4. The van der Waals surface area contributed by atoms with Gasteiger partial charge in [-0.25, -0.2) is 0 Å². The monoisotopic (exact) mass is 346 g/mol. The Kier molecular flexibility index (Phi) is 3.86. The van der Waals surface area contributed by atoms with Crippen LogP contribution in [0.2, 0.25) is 18.2 Å². The molecule has 0 nitrogen and oxygen atoms in total. The molecule has 0 N–H and O–H groups in total. The van der Waals surface area contributed by atoms with Crippen LogP contribution in [0.3, 0.4) is 0 Å². The van der Waals surface area contributed by atoms with Crippen LogP contribution in [0.1, 0.15) is 11.5 Å². The van der Waals surface area contributed by atoms with E-state index in [1.54, 1.807) is 0 Å². The fourth-order valence-corrected chi connectivity index (χ4v) is 7.64. The maximum absolute atomic E-state index is 4.07. The van der Waals surface area contributed by atoms with Gasteiger partial charge in [0.15, 0.2) is 0 Å². The van der Waals surface area contributed by atoms with Crippen LogP contribution in [0.15, 0.2) is 67.3 Å². The predicted molar refractivity (Wildman–Crippen MR) is 83.7 cm³/mol. The molecule has 0 saturated heterocycles. The Bertz CT molecular complexity index is 460. The fraction of sp³-hybridized carbons (Fsp3) is 0.294. The molecule has 1 aliphatic rings. The van der Waals surface area contributed by atoms with Gasteiger partial charge in [-0.2, -0.15) is 0 Å². The summed E-state index contributed by atoms with van der Waals surface area (Å²) in [4.78, 5) is 7.40. The molecule has 0 radical (unpaired) electrons. The first-order valence-electron chi connectivity index (χ1n) is 6.56. The van der Waals surface area contributed by atoms with E-state index in [4.69, 9.17) is 0 Å². The van der Waals surface area contributed by atoms with Gasteiger partial charge in [-0.15, -0.1) is 0 Å². The zero-order valence-electron chi connectivity index (χ0n) is 11.6. The molecule has 0 unspecified atom stereocenters. The summed E-state index contributed by atoms with van der Waals surface area (Å²) >= 11 is -2.09. The molecule has 0 spiro atoms. The molecule has 0 aromatic heterocycles. The molecule has 1 aromatic carbocycles. The van der Waals surface area contributed by atoms with Crippen LogP contribution in [0.5, 0.6) is 0 Å². The van der Waals surface area contributed by atoms with Crippen molar-refractivity contribution in [2.45, 2.75) is 24.2 Å². The molecule has 0 aliphatic heterocycles. The van der Waals surface area contributed by atoms with Gasteiger partial charge in [0.25, 0.3) is 0 Å². The van der Waals surface area contributed by atoms with Gasteiger partial charge in [0.2, 0.25) is 0 Å². The van der Waals surface area contributed by atoms with E-state index in [-0.39, 0.29) is 3.43 Å². The van der Waals surface area contributed by atoms with E-state index in [1.165, 1.54) is 5.56 Å². The molecule has 0 bridgehead atoms. The molecule has 1 aromatic rings. The van der Waals surface area contributed by atoms with Crippen LogP contribution in [0.25, 0.3) is 0 Å². The molecule has 0 saturated carbocycles. The van der Waals surface area contributed by atoms with E-state index < -0.39 is 18.4 Å². The summed E-state index contributed by atoms with van der Waals surface area (Å²) in [7, 11) is 0. The summed E-state index contributed by atoms with van der Waals surface area (Å²) in [5.41, 5.74) is 1.37. The normalized spacial score (nSPS) is 27.2. The molecule has 1 heteroatoms. The average Bonchev–Trinajstić information content (AvgIpc) is 2.38. The van der Waals surface area contributed by atoms with Crippen LogP contribution >= 0.6 is 0 Å². The van der Waals surface area contributed by atoms with Gasteiger partial charge in [0.1, 0.15) is 0 Å². The Labute approximate surface area is 115 Å². The standard InChI is InChI=1S/C14H13.3CH3.Sn/c1-2-12-8-10-14(11-9-12)13-6-4-3-5-7-13;;;;/h2-11,14H,1H2;3*1H3;. The molecule has 18 heavy (non-hydrogen) atoms. The Hall–Kier alpha value is -0.761. The van der Waals surface area contributed by atoms with Crippen molar-refractivity contribution in [1.29, 1.82) is 0 Å². The van der Waals surface area contributed by atoms with Crippen molar-refractivity contribution in [3.8, 4) is 0 Å². The third-order valence-corrected chi connectivity index (χ3v) is 12.9. The first kappa shape index (κ1) is 13.7. The van der Waals surface area contributed by atoms with Crippen LogP contribution in [-0.4, -0.2) is 18.4 Å². The molecule has 94 valence electrons. The van der Waals surface area contributed by atoms with E-state index in [1.807, 2.05) is 0 Å². The van der Waals surface area contributed by atoms with E-state index in [0.29, 0.717) is 5.92 Å². The van der Waals surface area contributed by atoms with Crippen molar-refractivity contribution in [1.82, 2.24) is 0 Å². The minimum atomic E-state index is -2.09. The van der Waals surface area contributed by atoms with Crippen molar-refractivity contribution >= 4 is 18.4 Å². The number of hydrogen-bond donors (Lipinski definition) is 0. The van der Waals surface area contributed by atoms with Gasteiger partial charge >= 0.3 is 115 Å². The minimum absolute atomic E-state index is 0.181. The molecular formula is C17H22Sn. The third kappa shape index (κ3) is 2.49. The Morgan fingerprint density at radius 2 is 1.61 bits per heavy atom. The summed E-state index contributed by atoms with van der Waals surface area (Å²) in [6.45, 7) is 4.07. The molecule has 0 atom stereocenters. The second kappa shape index (κ2) is 5.08. The molecule has 1 aliphatic carbocycles. The fourth-order valence-electron chi connectivity index (χ4n) is 2.49. The first-order chi connectivity index (χ1) is 8.48. The number of hydrogen-bond acceptors (Lipinski definition) is 0. The van der Waals surface area contributed by atoms with Crippen LogP contribution in [0, 0.1) is 0 Å². The third-order valence-electron chi connectivity index (χ3n) is 3.98. The number of benzene rings is 1. The summed E-state index contributed by atoms with van der Waals surface area (Å²) < 4.78 is 0.181. The summed E-state index contributed by atoms with van der Waals surface area (Å²) in [5.74, 6) is 0.424. The predicted octanol–water partition coefficient (Wildman–Crippen LogP) is 5.16. The maximum atomic E-state index is 4.07. The van der Waals surface area contributed by atoms with E-state index in [9.17, 15) is 0 Å². The molecule has 0 heterocycles. The van der Waals surface area contributed by atoms with E-state index in [2.05, 4.69) is 82.1 Å². The molecular weight excluding hydrogens is 323 g/mol. The summed E-state index contributed by atoms with van der Waals surface area (Å²) in [5, 5.41) is 0. The Morgan fingerprint density at radius 3 is 2.06 bits per heavy atom. The van der Waals surface area contributed by atoms with Crippen LogP contribution in [-0.2, 0) is 0 Å². The van der Waals surface area contributed by atoms with Crippen molar-refractivity contribution < 1.29 is 0 Å². The van der Waals surface area contributed by atoms with Crippen molar-refractivity contribution in [3.63, 3.8) is 0 Å². The molecule has 2 rings (SSSR count). The molecule has 0 amide bonds. The van der Waals surface area contributed by atoms with Gasteiger partial charge in [-0.3, -0.25) is 0 Å². The van der Waals surface area contributed by atoms with Gasteiger partial charge in [-0.05, 0) is 0 Å². The Morgan fingerprint density at radius 1 is 1.06 bits per heavy atom. The zero-order chi connectivity index (χ0) is 13.2. The van der Waals surface area contributed by atoms with Gasteiger partial charge in [0, 0.05) is 0 Å². The summed E-state index contributed by atoms with van der Waals surface area (Å²) in [6.07, 6.45) is 11.6. The SMILES string of the molecule is C=C[C]1([Sn]([CH3])([CH3])[CH3])C=CC(c2ccccc2)C=C1. The molecule has 0 fully saturated rings. The zero-order valence-corrected chi connectivity index (χ0v) is 14.4. The van der Waals surface area contributed by atoms with E-state index in [0.717, 1.165) is 0 Å². The van der Waals surface area contributed by atoms with Crippen LogP contribution < -0.4 is 0 Å². The topological polar surface area (TPSA) is 0 Å². The van der Waals surface area contributed by atoms with Gasteiger partial charge < -0.3 is 0 Å². The number of allylic oxidation sites excluding steroid dienone is 5. The first-order valence-corrected chi connectivity index (χ1v) is 16.5. The average molecular weight is 345 g/mol. The van der Waals surface area contributed by atoms with Gasteiger partial charge in [-0.1, -0.05) is 0 Å². The van der Waals surface area contributed by atoms with Crippen molar-refractivity contribution in [2.75, 3.05) is 0 Å². The van der Waals surface area contributed by atoms with E-state index >= 15 is 0 Å². The number of rotatable bonds is 3. The van der Waals surface area contributed by atoms with Crippen molar-refractivity contribution in [3.05, 3.63) is 72.9 Å². The quantitative estimate of drug-likeness (QED) is 0.524. The second-order valence-electron chi connectivity index (χ2n) is 6.04.